The summed E-state index contributed by atoms with van der Waals surface area (Å²) in [5.41, 5.74) is 5.30. The number of hydrogen-bond donors (Lipinski definition) is 3. The number of fused-ring (bicyclic) bond motifs is 2. The van der Waals surface area contributed by atoms with Crippen LogP contribution in [0, 0.1) is 0 Å². The van der Waals surface area contributed by atoms with Crippen LogP contribution in [0.4, 0.5) is 22.7 Å². The van der Waals surface area contributed by atoms with E-state index in [-0.39, 0.29) is 42.7 Å². The van der Waals surface area contributed by atoms with Crippen molar-refractivity contribution in [2.75, 3.05) is 36.2 Å². The highest BCUT2D eigenvalue weighted by molar-refractivity contribution is 6.06. The Balaban J connectivity index is 0.900. The molecule has 1 atom stereocenters. The van der Waals surface area contributed by atoms with Crippen molar-refractivity contribution in [3.05, 3.63) is 102 Å². The summed E-state index contributed by atoms with van der Waals surface area (Å²) in [5.74, 6) is 0.0181. The number of nitrogens with zero attached hydrogens (tertiary/aromatic N) is 5. The average Bonchev–Trinajstić information content (AvgIpc) is 3.73. The van der Waals surface area contributed by atoms with Crippen molar-refractivity contribution >= 4 is 52.6 Å². The highest BCUT2D eigenvalue weighted by Crippen LogP contribution is 2.38. The van der Waals surface area contributed by atoms with Crippen LogP contribution in [0.3, 0.4) is 0 Å². The summed E-state index contributed by atoms with van der Waals surface area (Å²) in [5, 5.41) is 8.61. The van der Waals surface area contributed by atoms with Crippen molar-refractivity contribution in [1.82, 2.24) is 19.0 Å². The highest BCUT2D eigenvalue weighted by atomic mass is 16.5. The van der Waals surface area contributed by atoms with E-state index in [4.69, 9.17) is 9.47 Å². The minimum absolute atomic E-state index is 0.00633. The van der Waals surface area contributed by atoms with E-state index in [0.717, 1.165) is 30.4 Å². The van der Waals surface area contributed by atoms with Gasteiger partial charge in [0, 0.05) is 69.2 Å². The number of nitrogens with one attached hydrogen (secondary N) is 3. The second kappa shape index (κ2) is 16.1. The fourth-order valence-electron chi connectivity index (χ4n) is 6.80. The number of rotatable bonds is 12. The van der Waals surface area contributed by atoms with Crippen LogP contribution in [-0.4, -0.2) is 75.2 Å². The van der Waals surface area contributed by atoms with Crippen LogP contribution in [0.5, 0.6) is 11.5 Å². The number of hydrogen-bond acceptors (Lipinski definition) is 8. The molecule has 5 aromatic rings. The van der Waals surface area contributed by atoms with E-state index >= 15 is 0 Å². The number of benzene rings is 2. The fourth-order valence-corrected chi connectivity index (χ4v) is 6.80. The van der Waals surface area contributed by atoms with Crippen molar-refractivity contribution in [2.24, 2.45) is 19.1 Å². The number of carbonyl (C=O) groups excluding carboxylic acids is 4. The second-order valence-corrected chi connectivity index (χ2v) is 13.5. The van der Waals surface area contributed by atoms with E-state index in [1.165, 1.54) is 7.11 Å². The molecule has 282 valence electrons. The highest BCUT2D eigenvalue weighted by Gasteiger charge is 2.31. The maximum absolute atomic E-state index is 13.3. The van der Waals surface area contributed by atoms with Gasteiger partial charge in [0.2, 0.25) is 5.91 Å². The lowest BCUT2D eigenvalue weighted by atomic mass is 10.0. The van der Waals surface area contributed by atoms with E-state index in [1.54, 1.807) is 84.3 Å². The zero-order valence-electron chi connectivity index (χ0n) is 30.9. The Bertz CT molecular complexity index is 2260. The Hall–Kier alpha value is -6.70. The number of methoxy groups -OCH3 is 1. The quantitative estimate of drug-likeness (QED) is 0.124. The number of anilines is 3. The molecule has 1 saturated heterocycles. The zero-order valence-corrected chi connectivity index (χ0v) is 30.9. The summed E-state index contributed by atoms with van der Waals surface area (Å²) in [6.07, 6.45) is 12.2. The van der Waals surface area contributed by atoms with Crippen LogP contribution in [0.25, 0.3) is 11.1 Å². The molecule has 0 bridgehead atoms. The standard InChI is InChI=1S/C41H42N8O6/c1-47-24-27(18-34(47)39(51)46-29-8-6-15-42-22-29)26-11-13-28(14-12-26)45-40(52)35-19-30(25-48(35)2)44-38(50)10-7-17-55-37-21-33-32(20-36(37)54-3)41(53)49-16-5-4-9-31(49)23-43-33/h6,8,11-15,18-25,31H,4-5,7,9-10,16-17H2,1-3H3,(H,44,50)(H,45,52)(H,46,51)/t31-/m0/s1. The molecule has 0 radical (unpaired) electrons. The van der Waals surface area contributed by atoms with Crippen molar-refractivity contribution in [3.8, 4) is 22.6 Å². The van der Waals surface area contributed by atoms with Gasteiger partial charge in [-0.3, -0.25) is 29.2 Å². The SMILES string of the molecule is COc1cc2c(cc1OCCCC(=O)Nc1cc(C(=O)Nc3ccc(-c4cc(C(=O)Nc5cccnc5)n(C)c4)cc3)n(C)c1)N=C[C@@H]1CCCCN1C2=O. The number of pyridine rings is 1. The predicted molar refractivity (Wildman–Crippen MR) is 210 cm³/mol. The number of piperidine rings is 1. The third-order valence-electron chi connectivity index (χ3n) is 9.67. The van der Waals surface area contributed by atoms with Crippen molar-refractivity contribution in [3.63, 3.8) is 0 Å². The molecule has 14 nitrogen and oxygen atoms in total. The molecule has 55 heavy (non-hydrogen) atoms. The predicted octanol–water partition coefficient (Wildman–Crippen LogP) is 6.45. The van der Waals surface area contributed by atoms with Crippen LogP contribution in [0.15, 0.2) is 90.4 Å². The van der Waals surface area contributed by atoms with Gasteiger partial charge in [-0.25, -0.2) is 0 Å². The normalized spacial score (nSPS) is 14.7. The van der Waals surface area contributed by atoms with Gasteiger partial charge in [-0.15, -0.1) is 0 Å². The molecule has 2 aliphatic rings. The number of aliphatic imine (C=N–C) groups is 1. The minimum Gasteiger partial charge on any atom is -0.493 e. The van der Waals surface area contributed by atoms with Gasteiger partial charge in [-0.05, 0) is 73.7 Å². The number of amides is 4. The largest absolute Gasteiger partial charge is 0.493 e. The summed E-state index contributed by atoms with van der Waals surface area (Å²) < 4.78 is 14.9. The lowest BCUT2D eigenvalue weighted by Gasteiger charge is -2.32. The Labute approximate surface area is 318 Å². The number of ether oxygens (including phenoxy) is 2. The van der Waals surface area contributed by atoms with Crippen LogP contribution < -0.4 is 25.4 Å². The molecule has 4 amide bonds. The third kappa shape index (κ3) is 8.28. The van der Waals surface area contributed by atoms with Gasteiger partial charge in [0.1, 0.15) is 11.4 Å². The molecule has 5 heterocycles. The van der Waals surface area contributed by atoms with Gasteiger partial charge in [-0.1, -0.05) is 12.1 Å². The average molecular weight is 743 g/mol. The summed E-state index contributed by atoms with van der Waals surface area (Å²) >= 11 is 0. The van der Waals surface area contributed by atoms with Crippen molar-refractivity contribution < 1.29 is 28.7 Å². The number of aryl methyl sites for hydroxylation is 2. The molecule has 14 heteroatoms. The lowest BCUT2D eigenvalue weighted by Crippen LogP contribution is -2.43. The fraction of sp³-hybridized carbons (Fsp3) is 0.268. The molecule has 2 aliphatic heterocycles. The first-order valence-corrected chi connectivity index (χ1v) is 18.1. The van der Waals surface area contributed by atoms with Crippen LogP contribution >= 0.6 is 0 Å². The second-order valence-electron chi connectivity index (χ2n) is 13.5. The maximum atomic E-state index is 13.3. The van der Waals surface area contributed by atoms with E-state index in [0.29, 0.717) is 64.2 Å². The topological polar surface area (TPSA) is 161 Å². The summed E-state index contributed by atoms with van der Waals surface area (Å²) in [6.45, 7) is 0.948. The van der Waals surface area contributed by atoms with Crippen molar-refractivity contribution in [1.29, 1.82) is 0 Å². The molecule has 0 unspecified atom stereocenters. The van der Waals surface area contributed by atoms with E-state index in [9.17, 15) is 19.2 Å². The third-order valence-corrected chi connectivity index (χ3v) is 9.67. The first-order chi connectivity index (χ1) is 26.7. The van der Waals surface area contributed by atoms with Crippen LogP contribution in [0.2, 0.25) is 0 Å². The monoisotopic (exact) mass is 742 g/mol. The molecule has 0 aliphatic carbocycles. The zero-order chi connectivity index (χ0) is 38.5. The molecule has 1 fully saturated rings. The first kappa shape index (κ1) is 36.6. The van der Waals surface area contributed by atoms with Crippen molar-refractivity contribution in [2.45, 2.75) is 38.1 Å². The Morgan fingerprint density at radius 3 is 2.36 bits per heavy atom. The van der Waals surface area contributed by atoms with Gasteiger partial charge in [0.25, 0.3) is 17.7 Å². The summed E-state index contributed by atoms with van der Waals surface area (Å²) in [6, 6.07) is 17.7. The minimum atomic E-state index is -0.338. The Morgan fingerprint density at radius 2 is 1.60 bits per heavy atom. The first-order valence-electron chi connectivity index (χ1n) is 18.1. The smallest absolute Gasteiger partial charge is 0.272 e. The Morgan fingerprint density at radius 1 is 0.836 bits per heavy atom. The van der Waals surface area contributed by atoms with E-state index < -0.39 is 0 Å². The lowest BCUT2D eigenvalue weighted by molar-refractivity contribution is -0.116. The van der Waals surface area contributed by atoms with Gasteiger partial charge in [0.15, 0.2) is 11.5 Å². The molecule has 3 aromatic heterocycles. The molecule has 7 rings (SSSR count). The van der Waals surface area contributed by atoms with E-state index in [2.05, 4.69) is 25.9 Å². The van der Waals surface area contributed by atoms with Gasteiger partial charge in [0.05, 0.1) is 48.6 Å². The van der Waals surface area contributed by atoms with Gasteiger partial charge in [-0.2, -0.15) is 0 Å². The number of aromatic nitrogens is 3. The summed E-state index contributed by atoms with van der Waals surface area (Å²) in [7, 11) is 5.06. The maximum Gasteiger partial charge on any atom is 0.272 e. The molecule has 0 saturated carbocycles. The number of carbonyl (C=O) groups is 4. The van der Waals surface area contributed by atoms with Crippen LogP contribution in [0.1, 0.15) is 63.4 Å². The van der Waals surface area contributed by atoms with Crippen LogP contribution in [-0.2, 0) is 18.9 Å². The van der Waals surface area contributed by atoms with Gasteiger partial charge >= 0.3 is 0 Å². The molecule has 2 aromatic carbocycles. The van der Waals surface area contributed by atoms with E-state index in [1.807, 2.05) is 35.5 Å². The summed E-state index contributed by atoms with van der Waals surface area (Å²) in [4.78, 5) is 62.6. The molecule has 3 N–H and O–H groups in total. The van der Waals surface area contributed by atoms with Gasteiger partial charge < -0.3 is 39.5 Å². The molecule has 0 spiro atoms. The Kier molecular flexibility index (Phi) is 10.7. The molecular weight excluding hydrogens is 701 g/mol. The molecular formula is C41H42N8O6.